The summed E-state index contributed by atoms with van der Waals surface area (Å²) in [5, 5.41) is 3.06. The number of nitrogens with zero attached hydrogens (tertiary/aromatic N) is 2. The van der Waals surface area contributed by atoms with Crippen LogP contribution in [-0.2, 0) is 9.53 Å². The number of aliphatic imine (C=N–C) groups is 1. The van der Waals surface area contributed by atoms with Gasteiger partial charge < -0.3 is 15.0 Å². The number of hydrogen-bond donors (Lipinski definition) is 1. The number of halogens is 1. The molecule has 1 atom stereocenters. The van der Waals surface area contributed by atoms with Crippen LogP contribution < -0.4 is 5.32 Å². The third-order valence-electron chi connectivity index (χ3n) is 2.79. The first kappa shape index (κ1) is 19.0. The summed E-state index contributed by atoms with van der Waals surface area (Å²) in [7, 11) is 1.71. The zero-order valence-electron chi connectivity index (χ0n) is 12.6. The molecule has 1 N–H and O–H groups in total. The summed E-state index contributed by atoms with van der Waals surface area (Å²) in [6.07, 6.45) is 6.00. The molecule has 5 nitrogen and oxygen atoms in total. The van der Waals surface area contributed by atoms with Crippen molar-refractivity contribution in [3.8, 4) is 12.3 Å². The number of carbonyl (C=O) groups excluding carboxylic acids is 1. The van der Waals surface area contributed by atoms with E-state index in [1.54, 1.807) is 7.05 Å². The molecule has 0 aliphatic carbocycles. The molecule has 0 aromatic rings. The van der Waals surface area contributed by atoms with Crippen LogP contribution >= 0.6 is 24.0 Å². The summed E-state index contributed by atoms with van der Waals surface area (Å²) in [6, 6.07) is 0. The Labute approximate surface area is 138 Å². The number of esters is 1. The zero-order valence-corrected chi connectivity index (χ0v) is 14.9. The maximum Gasteiger partial charge on any atom is 0.311 e. The van der Waals surface area contributed by atoms with Crippen LogP contribution in [0.5, 0.6) is 0 Å². The Bertz CT molecular complexity index is 396. The third-order valence-corrected chi connectivity index (χ3v) is 2.79. The minimum absolute atomic E-state index is 0. The molecule has 6 heteroatoms. The first-order valence-electron chi connectivity index (χ1n) is 6.49. The zero-order chi connectivity index (χ0) is 14.5. The molecule has 1 saturated heterocycles. The number of nitrogens with one attached hydrogen (secondary N) is 1. The first-order valence-corrected chi connectivity index (χ1v) is 6.49. The minimum atomic E-state index is -0.437. The third kappa shape index (κ3) is 5.99. The fourth-order valence-electron chi connectivity index (χ4n) is 1.99. The van der Waals surface area contributed by atoms with Gasteiger partial charge in [-0.25, -0.2) is 0 Å². The molecule has 0 bridgehead atoms. The highest BCUT2D eigenvalue weighted by molar-refractivity contribution is 14.0. The Hall–Kier alpha value is -0.970. The predicted molar refractivity (Wildman–Crippen MR) is 91.1 cm³/mol. The van der Waals surface area contributed by atoms with Crippen LogP contribution in [-0.4, -0.2) is 49.1 Å². The van der Waals surface area contributed by atoms with Gasteiger partial charge >= 0.3 is 5.97 Å². The second-order valence-electron chi connectivity index (χ2n) is 5.57. The van der Waals surface area contributed by atoms with Crippen molar-refractivity contribution in [1.82, 2.24) is 10.2 Å². The fraction of sp³-hybridized carbons (Fsp3) is 0.714. The van der Waals surface area contributed by atoms with Gasteiger partial charge in [-0.3, -0.25) is 9.79 Å². The SMILES string of the molecule is C#CCNC(=NC)N1CCC(C(=O)OC(C)(C)C)C1.I. The largest absolute Gasteiger partial charge is 0.460 e. The second kappa shape index (κ2) is 8.35. The van der Waals surface area contributed by atoms with Crippen LogP contribution in [0.25, 0.3) is 0 Å². The van der Waals surface area contributed by atoms with Crippen molar-refractivity contribution in [2.75, 3.05) is 26.7 Å². The van der Waals surface area contributed by atoms with E-state index in [4.69, 9.17) is 11.2 Å². The Morgan fingerprint density at radius 3 is 2.70 bits per heavy atom. The van der Waals surface area contributed by atoms with Crippen LogP contribution in [0.3, 0.4) is 0 Å². The maximum atomic E-state index is 12.0. The topological polar surface area (TPSA) is 53.9 Å². The molecule has 114 valence electrons. The number of carbonyl (C=O) groups is 1. The molecule has 0 amide bonds. The summed E-state index contributed by atoms with van der Waals surface area (Å²) in [6.45, 7) is 7.48. The molecule has 1 aliphatic rings. The molecule has 1 fully saturated rings. The van der Waals surface area contributed by atoms with Gasteiger partial charge in [-0.05, 0) is 27.2 Å². The summed E-state index contributed by atoms with van der Waals surface area (Å²) in [5.74, 6) is 3.02. The molecule has 1 heterocycles. The molecule has 1 unspecified atom stereocenters. The van der Waals surface area contributed by atoms with Gasteiger partial charge in [0.1, 0.15) is 5.60 Å². The summed E-state index contributed by atoms with van der Waals surface area (Å²) in [5.41, 5.74) is -0.437. The van der Waals surface area contributed by atoms with Gasteiger partial charge in [0.2, 0.25) is 0 Å². The fourth-order valence-corrected chi connectivity index (χ4v) is 1.99. The van der Waals surface area contributed by atoms with Crippen LogP contribution in [0.4, 0.5) is 0 Å². The van der Waals surface area contributed by atoms with Crippen molar-refractivity contribution in [3.05, 3.63) is 0 Å². The van der Waals surface area contributed by atoms with E-state index in [1.807, 2.05) is 25.7 Å². The van der Waals surface area contributed by atoms with Gasteiger partial charge in [-0.2, -0.15) is 0 Å². The molecule has 0 spiro atoms. The predicted octanol–water partition coefficient (Wildman–Crippen LogP) is 1.48. The molecule has 1 rings (SSSR count). The van der Waals surface area contributed by atoms with Crippen LogP contribution in [0.1, 0.15) is 27.2 Å². The van der Waals surface area contributed by atoms with E-state index in [0.29, 0.717) is 13.1 Å². The van der Waals surface area contributed by atoms with Gasteiger partial charge in [0.25, 0.3) is 0 Å². The van der Waals surface area contributed by atoms with E-state index >= 15 is 0 Å². The van der Waals surface area contributed by atoms with Crippen molar-refractivity contribution >= 4 is 35.9 Å². The summed E-state index contributed by atoms with van der Waals surface area (Å²) in [4.78, 5) is 18.2. The van der Waals surface area contributed by atoms with Crippen molar-refractivity contribution in [3.63, 3.8) is 0 Å². The number of rotatable bonds is 2. The average Bonchev–Trinajstić information content (AvgIpc) is 2.77. The molecule has 0 aromatic heterocycles. The Balaban J connectivity index is 0.00000361. The lowest BCUT2D eigenvalue weighted by atomic mass is 10.1. The standard InChI is InChI=1S/C14H23N3O2.HI/c1-6-8-16-13(15-5)17-9-7-11(10-17)12(18)19-14(2,3)4;/h1,11H,7-10H2,2-5H3,(H,15,16);1H. The summed E-state index contributed by atoms with van der Waals surface area (Å²) < 4.78 is 5.41. The van der Waals surface area contributed by atoms with E-state index < -0.39 is 5.60 Å². The normalized spacial score (nSPS) is 19.1. The van der Waals surface area contributed by atoms with E-state index in [1.165, 1.54) is 0 Å². The van der Waals surface area contributed by atoms with E-state index in [9.17, 15) is 4.79 Å². The van der Waals surface area contributed by atoms with Crippen molar-refractivity contribution < 1.29 is 9.53 Å². The lowest BCUT2D eigenvalue weighted by Gasteiger charge is -2.23. The minimum Gasteiger partial charge on any atom is -0.460 e. The highest BCUT2D eigenvalue weighted by Crippen LogP contribution is 2.20. The van der Waals surface area contributed by atoms with Crippen molar-refractivity contribution in [2.24, 2.45) is 10.9 Å². The van der Waals surface area contributed by atoms with E-state index in [-0.39, 0.29) is 35.9 Å². The van der Waals surface area contributed by atoms with Crippen LogP contribution in [0.2, 0.25) is 0 Å². The van der Waals surface area contributed by atoms with E-state index in [2.05, 4.69) is 16.2 Å². The van der Waals surface area contributed by atoms with Gasteiger partial charge in [-0.15, -0.1) is 30.4 Å². The number of ether oxygens (including phenoxy) is 1. The van der Waals surface area contributed by atoms with Crippen molar-refractivity contribution in [1.29, 1.82) is 0 Å². The van der Waals surface area contributed by atoms with E-state index in [0.717, 1.165) is 18.9 Å². The Kier molecular flexibility index (Phi) is 7.94. The first-order chi connectivity index (χ1) is 8.87. The van der Waals surface area contributed by atoms with Gasteiger partial charge in [0.05, 0.1) is 12.5 Å². The highest BCUT2D eigenvalue weighted by Gasteiger charge is 2.33. The van der Waals surface area contributed by atoms with Gasteiger partial charge in [-0.1, -0.05) is 5.92 Å². The van der Waals surface area contributed by atoms with Gasteiger partial charge in [0, 0.05) is 20.1 Å². The van der Waals surface area contributed by atoms with Gasteiger partial charge in [0.15, 0.2) is 5.96 Å². The Morgan fingerprint density at radius 2 is 2.20 bits per heavy atom. The quantitative estimate of drug-likeness (QED) is 0.254. The number of guanidine groups is 1. The van der Waals surface area contributed by atoms with Crippen LogP contribution in [0.15, 0.2) is 4.99 Å². The highest BCUT2D eigenvalue weighted by atomic mass is 127. The lowest BCUT2D eigenvalue weighted by molar-refractivity contribution is -0.159. The molecular formula is C14H24IN3O2. The molecule has 0 aromatic carbocycles. The summed E-state index contributed by atoms with van der Waals surface area (Å²) >= 11 is 0. The number of likely N-dealkylation sites (tertiary alicyclic amines) is 1. The molecule has 0 radical (unpaired) electrons. The van der Waals surface area contributed by atoms with Crippen LogP contribution in [0, 0.1) is 18.3 Å². The lowest BCUT2D eigenvalue weighted by Crippen LogP contribution is -2.41. The number of hydrogen-bond acceptors (Lipinski definition) is 3. The second-order valence-corrected chi connectivity index (χ2v) is 5.57. The molecule has 20 heavy (non-hydrogen) atoms. The molecule has 0 saturated carbocycles. The van der Waals surface area contributed by atoms with Crippen molar-refractivity contribution in [2.45, 2.75) is 32.8 Å². The molecule has 1 aliphatic heterocycles. The number of terminal acetylenes is 1. The monoisotopic (exact) mass is 393 g/mol. The average molecular weight is 393 g/mol. The molecular weight excluding hydrogens is 369 g/mol. The Morgan fingerprint density at radius 1 is 1.55 bits per heavy atom. The maximum absolute atomic E-state index is 12.0. The smallest absolute Gasteiger partial charge is 0.311 e.